The third-order valence-corrected chi connectivity index (χ3v) is 8.11. The van der Waals surface area contributed by atoms with E-state index in [1.54, 1.807) is 48.5 Å². The highest BCUT2D eigenvalue weighted by molar-refractivity contribution is 6.42. The quantitative estimate of drug-likeness (QED) is 0.234. The number of fused-ring (bicyclic) bond motifs is 2. The van der Waals surface area contributed by atoms with Crippen LogP contribution in [0.4, 0.5) is 0 Å². The molecule has 0 atom stereocenters. The molecule has 0 aliphatic heterocycles. The van der Waals surface area contributed by atoms with Crippen LogP contribution in [0.5, 0.6) is 0 Å². The maximum Gasteiger partial charge on any atom is 0.350 e. The number of carbonyl (C=O) groups excluding carboxylic acids is 1. The maximum absolute atomic E-state index is 12.5. The number of aromatic carboxylic acids is 1. The average molecular weight is 703 g/mol. The first-order chi connectivity index (χ1) is 21.9. The van der Waals surface area contributed by atoms with E-state index < -0.39 is 11.7 Å². The largest absolute Gasteiger partial charge is 0.478 e. The van der Waals surface area contributed by atoms with E-state index in [1.165, 1.54) is 42.7 Å². The fraction of sp³-hybridized carbons (Fsp3) is 0.133. The Bertz CT molecular complexity index is 2240. The van der Waals surface area contributed by atoms with Gasteiger partial charge in [0, 0.05) is 18.9 Å². The molecule has 16 heteroatoms. The number of carboxylic acid groups (broad SMARTS) is 1. The number of hydrogen-bond donors (Lipinski definition) is 2. The molecule has 0 radical (unpaired) electrons. The molecule has 4 heterocycles. The fourth-order valence-corrected chi connectivity index (χ4v) is 5.03. The summed E-state index contributed by atoms with van der Waals surface area (Å²) in [5.41, 5.74) is 2.07. The number of pyridine rings is 2. The summed E-state index contributed by atoms with van der Waals surface area (Å²) in [7, 11) is 0. The summed E-state index contributed by atoms with van der Waals surface area (Å²) >= 11 is 23.7. The van der Waals surface area contributed by atoms with E-state index >= 15 is 0 Å². The van der Waals surface area contributed by atoms with Crippen molar-refractivity contribution in [3.05, 3.63) is 136 Å². The fourth-order valence-electron chi connectivity index (χ4n) is 4.39. The van der Waals surface area contributed by atoms with Gasteiger partial charge < -0.3 is 10.4 Å². The van der Waals surface area contributed by atoms with Crippen molar-refractivity contribution in [2.75, 3.05) is 6.54 Å². The molecule has 2 aromatic carbocycles. The molecule has 12 nitrogen and oxygen atoms in total. The van der Waals surface area contributed by atoms with E-state index in [0.717, 1.165) is 11.1 Å². The van der Waals surface area contributed by atoms with Crippen molar-refractivity contribution in [2.45, 2.75) is 20.0 Å². The minimum absolute atomic E-state index is 0.0173. The molecular weight excluding hydrogens is 680 g/mol. The summed E-state index contributed by atoms with van der Waals surface area (Å²) in [5.74, 6) is -1.34. The van der Waals surface area contributed by atoms with Gasteiger partial charge in [-0.25, -0.2) is 32.5 Å². The van der Waals surface area contributed by atoms with Gasteiger partial charge in [-0.05, 0) is 66.6 Å². The molecule has 0 aliphatic carbocycles. The summed E-state index contributed by atoms with van der Waals surface area (Å²) in [4.78, 5) is 47.6. The Labute approximate surface area is 279 Å². The van der Waals surface area contributed by atoms with Crippen LogP contribution in [-0.2, 0) is 13.1 Å². The third kappa shape index (κ3) is 7.10. The molecule has 2 N–H and O–H groups in total. The number of carbonyl (C=O) groups is 2. The number of rotatable bonds is 7. The number of nitrogens with zero attached hydrogens (tertiary/aromatic N) is 6. The Morgan fingerprint density at radius 1 is 0.696 bits per heavy atom. The van der Waals surface area contributed by atoms with E-state index in [1.807, 2.05) is 6.92 Å². The molecule has 6 aromatic rings. The van der Waals surface area contributed by atoms with Gasteiger partial charge in [-0.3, -0.25) is 4.79 Å². The summed E-state index contributed by atoms with van der Waals surface area (Å²) in [6.07, 6.45) is 2.74. The monoisotopic (exact) mass is 701 g/mol. The average Bonchev–Trinajstić information content (AvgIpc) is 3.51. The number of amides is 1. The molecule has 4 aromatic heterocycles. The predicted octanol–water partition coefficient (Wildman–Crippen LogP) is 5.15. The zero-order valence-corrected chi connectivity index (χ0v) is 26.8. The van der Waals surface area contributed by atoms with Crippen LogP contribution < -0.4 is 16.7 Å². The summed E-state index contributed by atoms with van der Waals surface area (Å²) in [6.45, 7) is 2.81. The topological polar surface area (TPSA) is 145 Å². The Morgan fingerprint density at radius 2 is 1.15 bits per heavy atom. The number of nitrogens with one attached hydrogen (secondary N) is 1. The van der Waals surface area contributed by atoms with E-state index in [2.05, 4.69) is 15.5 Å². The Hall–Kier alpha value is -4.62. The Kier molecular flexibility index (Phi) is 9.82. The Balaban J connectivity index is 0.000000182. The maximum atomic E-state index is 12.5. The van der Waals surface area contributed by atoms with Crippen molar-refractivity contribution >= 4 is 69.6 Å². The van der Waals surface area contributed by atoms with Crippen LogP contribution in [0, 0.1) is 0 Å². The van der Waals surface area contributed by atoms with Crippen LogP contribution in [0.1, 0.15) is 38.8 Å². The number of carboxylic acids is 1. The van der Waals surface area contributed by atoms with Gasteiger partial charge in [-0.2, -0.15) is 0 Å². The summed E-state index contributed by atoms with van der Waals surface area (Å²) in [6, 6.07) is 16.3. The number of benzene rings is 2. The van der Waals surface area contributed by atoms with Gasteiger partial charge in [0.1, 0.15) is 0 Å². The molecule has 236 valence electrons. The highest BCUT2D eigenvalue weighted by Crippen LogP contribution is 2.23. The molecule has 1 amide bonds. The number of halogens is 4. The first kappa shape index (κ1) is 32.8. The van der Waals surface area contributed by atoms with Crippen LogP contribution >= 0.6 is 46.4 Å². The summed E-state index contributed by atoms with van der Waals surface area (Å²) < 4.78 is 5.10. The lowest BCUT2D eigenvalue weighted by Gasteiger charge is -2.02. The zero-order valence-electron chi connectivity index (χ0n) is 23.8. The van der Waals surface area contributed by atoms with Crippen molar-refractivity contribution in [2.24, 2.45) is 0 Å². The zero-order chi connectivity index (χ0) is 33.1. The second-order valence-corrected chi connectivity index (χ2v) is 11.5. The smallest absolute Gasteiger partial charge is 0.350 e. The first-order valence-corrected chi connectivity index (χ1v) is 15.0. The van der Waals surface area contributed by atoms with Crippen LogP contribution in [0.3, 0.4) is 0 Å². The molecule has 0 aliphatic rings. The lowest BCUT2D eigenvalue weighted by Crippen LogP contribution is -2.25. The molecule has 0 saturated heterocycles. The van der Waals surface area contributed by atoms with Gasteiger partial charge in [-0.1, -0.05) is 58.5 Å². The van der Waals surface area contributed by atoms with Gasteiger partial charge in [0.15, 0.2) is 11.3 Å². The SMILES string of the molecule is CCNC(=O)c1ccc2nn(Cc3ccc(Cl)c(Cl)c3)c(=O)n2c1.O=C(O)c1ccc2nn(Cc3ccc(Cl)c(Cl)c3)c(=O)n2c1. The van der Waals surface area contributed by atoms with Crippen molar-refractivity contribution in [1.82, 2.24) is 33.7 Å². The van der Waals surface area contributed by atoms with Crippen LogP contribution in [-0.4, -0.2) is 51.9 Å². The lowest BCUT2D eigenvalue weighted by molar-refractivity contribution is 0.0696. The number of hydrogen-bond acceptors (Lipinski definition) is 6. The second kappa shape index (κ2) is 13.8. The molecule has 0 fully saturated rings. The standard InChI is InChI=1S/C16H14Cl2N4O2.C14H9Cl2N3O3/c1-2-19-15(23)11-4-6-14-20-22(16(24)21(14)9-11)8-10-3-5-12(17)13(18)7-10;15-10-3-1-8(5-11(10)16)6-19-14(22)18-7-9(13(20)21)2-4-12(18)17-19/h3-7,9H,2,8H2,1H3,(H,19,23);1-5,7H,6H2,(H,20,21). The minimum atomic E-state index is -1.11. The first-order valence-electron chi connectivity index (χ1n) is 13.5. The van der Waals surface area contributed by atoms with E-state index in [9.17, 15) is 19.2 Å². The highest BCUT2D eigenvalue weighted by atomic mass is 35.5. The van der Waals surface area contributed by atoms with Crippen molar-refractivity contribution in [3.63, 3.8) is 0 Å². The molecule has 0 unspecified atom stereocenters. The van der Waals surface area contributed by atoms with E-state index in [0.29, 0.717) is 43.5 Å². The van der Waals surface area contributed by atoms with Crippen molar-refractivity contribution in [3.8, 4) is 0 Å². The minimum Gasteiger partial charge on any atom is -0.478 e. The molecule has 0 bridgehead atoms. The highest BCUT2D eigenvalue weighted by Gasteiger charge is 2.13. The molecule has 46 heavy (non-hydrogen) atoms. The molecule has 6 rings (SSSR count). The predicted molar refractivity (Wildman–Crippen MR) is 175 cm³/mol. The van der Waals surface area contributed by atoms with Gasteiger partial charge in [0.05, 0.1) is 44.3 Å². The second-order valence-electron chi connectivity index (χ2n) is 9.83. The van der Waals surface area contributed by atoms with Crippen LogP contribution in [0.15, 0.2) is 82.6 Å². The van der Waals surface area contributed by atoms with E-state index in [4.69, 9.17) is 51.5 Å². The van der Waals surface area contributed by atoms with Crippen LogP contribution in [0.25, 0.3) is 11.3 Å². The molecular formula is C30H23Cl4N7O5. The van der Waals surface area contributed by atoms with Gasteiger partial charge >= 0.3 is 17.3 Å². The van der Waals surface area contributed by atoms with Crippen molar-refractivity contribution in [1.29, 1.82) is 0 Å². The summed E-state index contributed by atoms with van der Waals surface area (Å²) in [5, 5.41) is 21.8. The van der Waals surface area contributed by atoms with Gasteiger partial charge in [0.2, 0.25) is 0 Å². The Morgan fingerprint density at radius 3 is 1.59 bits per heavy atom. The van der Waals surface area contributed by atoms with Crippen LogP contribution in [0.2, 0.25) is 20.1 Å². The lowest BCUT2D eigenvalue weighted by atomic mass is 10.2. The molecule has 0 saturated carbocycles. The van der Waals surface area contributed by atoms with Gasteiger partial charge in [-0.15, -0.1) is 10.2 Å². The molecule has 0 spiro atoms. The van der Waals surface area contributed by atoms with Crippen molar-refractivity contribution < 1.29 is 14.7 Å². The number of aromatic nitrogens is 6. The third-order valence-electron chi connectivity index (χ3n) is 6.63. The van der Waals surface area contributed by atoms with E-state index in [-0.39, 0.29) is 30.2 Å². The normalized spacial score (nSPS) is 11.0. The van der Waals surface area contributed by atoms with Gasteiger partial charge in [0.25, 0.3) is 5.91 Å².